The number of rotatable bonds is 3. The number of ether oxygens (including phenoxy) is 1. The van der Waals surface area contributed by atoms with Gasteiger partial charge in [0.1, 0.15) is 11.9 Å². The average molecular weight is 365 g/mol. The van der Waals surface area contributed by atoms with Gasteiger partial charge in [-0.1, -0.05) is 54.6 Å². The van der Waals surface area contributed by atoms with Gasteiger partial charge in [0.2, 0.25) is 0 Å². The SMILES string of the molecule is CC(C)(C)OC(=O)N1CC[C@H](c2cccc(-c3ccccc3)c2)[C@@H](C=O)C1. The Morgan fingerprint density at radius 2 is 1.78 bits per heavy atom. The van der Waals surface area contributed by atoms with E-state index in [1.54, 1.807) is 4.90 Å². The molecular formula is C23H27NO3. The van der Waals surface area contributed by atoms with Gasteiger partial charge >= 0.3 is 6.09 Å². The number of carbonyl (C=O) groups excluding carboxylic acids is 2. The van der Waals surface area contributed by atoms with Gasteiger partial charge in [-0.3, -0.25) is 0 Å². The van der Waals surface area contributed by atoms with Crippen molar-refractivity contribution in [3.8, 4) is 11.1 Å². The Kier molecular flexibility index (Phi) is 5.64. The van der Waals surface area contributed by atoms with Crippen LogP contribution in [0.5, 0.6) is 0 Å². The Morgan fingerprint density at radius 1 is 1.07 bits per heavy atom. The topological polar surface area (TPSA) is 46.6 Å². The molecule has 4 heteroatoms. The lowest BCUT2D eigenvalue weighted by molar-refractivity contribution is -0.113. The third-order valence-corrected chi connectivity index (χ3v) is 4.91. The third kappa shape index (κ3) is 4.76. The van der Waals surface area contributed by atoms with Crippen molar-refractivity contribution in [3.63, 3.8) is 0 Å². The first-order valence-electron chi connectivity index (χ1n) is 9.46. The molecule has 4 nitrogen and oxygen atoms in total. The molecule has 0 saturated carbocycles. The van der Waals surface area contributed by atoms with Crippen LogP contribution in [-0.4, -0.2) is 36.0 Å². The molecule has 2 aromatic rings. The Labute approximate surface area is 161 Å². The summed E-state index contributed by atoms with van der Waals surface area (Å²) in [5.41, 5.74) is 2.92. The van der Waals surface area contributed by atoms with E-state index in [9.17, 15) is 9.59 Å². The molecule has 3 rings (SSSR count). The number of nitrogens with zero attached hydrogens (tertiary/aromatic N) is 1. The summed E-state index contributed by atoms with van der Waals surface area (Å²) in [5.74, 6) is -0.109. The smallest absolute Gasteiger partial charge is 0.410 e. The van der Waals surface area contributed by atoms with Crippen LogP contribution in [0.1, 0.15) is 38.7 Å². The van der Waals surface area contributed by atoms with Crippen molar-refractivity contribution in [3.05, 3.63) is 60.2 Å². The molecule has 27 heavy (non-hydrogen) atoms. The summed E-state index contributed by atoms with van der Waals surface area (Å²) in [6.45, 7) is 6.55. The van der Waals surface area contributed by atoms with E-state index in [0.29, 0.717) is 13.1 Å². The van der Waals surface area contributed by atoms with Crippen LogP contribution in [0, 0.1) is 5.92 Å². The van der Waals surface area contributed by atoms with Gasteiger partial charge in [0.05, 0.1) is 0 Å². The molecule has 142 valence electrons. The van der Waals surface area contributed by atoms with E-state index in [2.05, 4.69) is 30.3 Å². The largest absolute Gasteiger partial charge is 0.444 e. The second-order valence-electron chi connectivity index (χ2n) is 8.11. The number of amides is 1. The fraction of sp³-hybridized carbons (Fsp3) is 0.391. The van der Waals surface area contributed by atoms with Crippen LogP contribution >= 0.6 is 0 Å². The molecule has 2 aromatic carbocycles. The van der Waals surface area contributed by atoms with E-state index in [4.69, 9.17) is 4.74 Å². The molecule has 1 heterocycles. The first-order chi connectivity index (χ1) is 12.9. The number of hydrogen-bond donors (Lipinski definition) is 0. The zero-order chi connectivity index (χ0) is 19.4. The monoisotopic (exact) mass is 365 g/mol. The molecule has 0 N–H and O–H groups in total. The molecule has 0 radical (unpaired) electrons. The van der Waals surface area contributed by atoms with E-state index < -0.39 is 5.60 Å². The summed E-state index contributed by atoms with van der Waals surface area (Å²) in [4.78, 5) is 25.8. The Hall–Kier alpha value is -2.62. The molecule has 1 saturated heterocycles. The Bertz CT molecular complexity index is 795. The molecule has 0 aliphatic carbocycles. The molecule has 0 unspecified atom stereocenters. The second-order valence-corrected chi connectivity index (χ2v) is 8.11. The summed E-state index contributed by atoms with van der Waals surface area (Å²) >= 11 is 0. The Balaban J connectivity index is 1.77. The van der Waals surface area contributed by atoms with Crippen LogP contribution in [0.2, 0.25) is 0 Å². The van der Waals surface area contributed by atoms with Crippen LogP contribution in [0.4, 0.5) is 4.79 Å². The molecule has 0 aromatic heterocycles. The lowest BCUT2D eigenvalue weighted by atomic mass is 9.80. The van der Waals surface area contributed by atoms with Gasteiger partial charge in [-0.05, 0) is 49.8 Å². The third-order valence-electron chi connectivity index (χ3n) is 4.91. The maximum Gasteiger partial charge on any atom is 0.410 e. The summed E-state index contributed by atoms with van der Waals surface area (Å²) in [7, 11) is 0. The number of benzene rings is 2. The second kappa shape index (κ2) is 7.95. The Morgan fingerprint density at radius 3 is 2.44 bits per heavy atom. The van der Waals surface area contributed by atoms with Crippen molar-refractivity contribution in [1.82, 2.24) is 4.90 Å². The molecule has 1 aliphatic rings. The number of likely N-dealkylation sites (tertiary alicyclic amines) is 1. The quantitative estimate of drug-likeness (QED) is 0.727. The standard InChI is InChI=1S/C23H27NO3/c1-23(2,3)27-22(26)24-13-12-21(20(15-24)16-25)19-11-7-10-18(14-19)17-8-5-4-6-9-17/h4-11,14,16,20-21H,12-13,15H2,1-3H3/t20-,21-/m1/s1. The van der Waals surface area contributed by atoms with Crippen molar-refractivity contribution in [1.29, 1.82) is 0 Å². The zero-order valence-electron chi connectivity index (χ0n) is 16.2. The highest BCUT2D eigenvalue weighted by molar-refractivity contribution is 5.70. The van der Waals surface area contributed by atoms with Crippen LogP contribution < -0.4 is 0 Å². The first-order valence-corrected chi connectivity index (χ1v) is 9.46. The molecule has 1 amide bonds. The summed E-state index contributed by atoms with van der Waals surface area (Å²) in [6, 6.07) is 18.6. The van der Waals surface area contributed by atoms with Crippen LogP contribution in [0.15, 0.2) is 54.6 Å². The van der Waals surface area contributed by atoms with Crippen LogP contribution in [-0.2, 0) is 9.53 Å². The minimum atomic E-state index is -0.533. The van der Waals surface area contributed by atoms with E-state index in [1.165, 1.54) is 0 Å². The van der Waals surface area contributed by atoms with Crippen molar-refractivity contribution in [2.45, 2.75) is 38.7 Å². The van der Waals surface area contributed by atoms with E-state index in [1.807, 2.05) is 45.0 Å². The van der Waals surface area contributed by atoms with Gasteiger partial charge in [-0.25, -0.2) is 4.79 Å². The fourth-order valence-electron chi connectivity index (χ4n) is 3.61. The van der Waals surface area contributed by atoms with Crippen molar-refractivity contribution in [2.24, 2.45) is 5.92 Å². The van der Waals surface area contributed by atoms with Gasteiger partial charge in [0.25, 0.3) is 0 Å². The fourth-order valence-corrected chi connectivity index (χ4v) is 3.61. The number of hydrogen-bond acceptors (Lipinski definition) is 3. The molecular weight excluding hydrogens is 338 g/mol. The minimum Gasteiger partial charge on any atom is -0.444 e. The highest BCUT2D eigenvalue weighted by Crippen LogP contribution is 2.34. The molecule has 0 bridgehead atoms. The summed E-state index contributed by atoms with van der Waals surface area (Å²) in [6.07, 6.45) is 1.39. The number of piperidine rings is 1. The number of aldehydes is 1. The number of carbonyl (C=O) groups is 2. The van der Waals surface area contributed by atoms with Gasteiger partial charge in [0.15, 0.2) is 0 Å². The average Bonchev–Trinajstić information content (AvgIpc) is 2.67. The molecule has 0 spiro atoms. The van der Waals surface area contributed by atoms with Gasteiger partial charge in [-0.2, -0.15) is 0 Å². The zero-order valence-corrected chi connectivity index (χ0v) is 16.2. The maximum atomic E-state index is 12.3. The molecule has 1 aliphatic heterocycles. The van der Waals surface area contributed by atoms with E-state index in [-0.39, 0.29) is 17.9 Å². The van der Waals surface area contributed by atoms with E-state index in [0.717, 1.165) is 29.4 Å². The summed E-state index contributed by atoms with van der Waals surface area (Å²) < 4.78 is 5.46. The van der Waals surface area contributed by atoms with Gasteiger partial charge in [-0.15, -0.1) is 0 Å². The lowest BCUT2D eigenvalue weighted by Crippen LogP contribution is -2.45. The van der Waals surface area contributed by atoms with Crippen LogP contribution in [0.3, 0.4) is 0 Å². The maximum absolute atomic E-state index is 12.3. The predicted molar refractivity (Wildman–Crippen MR) is 107 cm³/mol. The molecule has 2 atom stereocenters. The summed E-state index contributed by atoms with van der Waals surface area (Å²) in [5, 5.41) is 0. The predicted octanol–water partition coefficient (Wildman–Crippen LogP) is 4.89. The first kappa shape index (κ1) is 19.2. The minimum absolute atomic E-state index is 0.116. The molecule has 1 fully saturated rings. The van der Waals surface area contributed by atoms with Gasteiger partial charge < -0.3 is 14.4 Å². The van der Waals surface area contributed by atoms with Crippen molar-refractivity contribution >= 4 is 12.4 Å². The van der Waals surface area contributed by atoms with Crippen molar-refractivity contribution < 1.29 is 14.3 Å². The van der Waals surface area contributed by atoms with E-state index >= 15 is 0 Å². The van der Waals surface area contributed by atoms with Crippen molar-refractivity contribution in [2.75, 3.05) is 13.1 Å². The normalized spacial score (nSPS) is 20.2. The highest BCUT2D eigenvalue weighted by atomic mass is 16.6. The highest BCUT2D eigenvalue weighted by Gasteiger charge is 2.34. The van der Waals surface area contributed by atoms with Gasteiger partial charge in [0, 0.05) is 19.0 Å². The van der Waals surface area contributed by atoms with Crippen LogP contribution in [0.25, 0.3) is 11.1 Å². The lowest BCUT2D eigenvalue weighted by Gasteiger charge is -2.37.